The maximum Gasteiger partial charge on any atom is 0.0646 e. The third kappa shape index (κ3) is 2.94. The van der Waals surface area contributed by atoms with E-state index in [2.05, 4.69) is 12.2 Å². The smallest absolute Gasteiger partial charge is 0.0646 e. The number of rotatable bonds is 3. The zero-order valence-electron chi connectivity index (χ0n) is 9.97. The van der Waals surface area contributed by atoms with Crippen molar-refractivity contribution in [2.45, 2.75) is 82.4 Å². The van der Waals surface area contributed by atoms with Crippen LogP contribution in [0.2, 0.25) is 0 Å². The summed E-state index contributed by atoms with van der Waals surface area (Å²) in [6.07, 6.45) is 10.8. The fraction of sp³-hybridized carbons (Fsp3) is 1.00. The molecular formula is C13H25NO. The van der Waals surface area contributed by atoms with Crippen molar-refractivity contribution < 1.29 is 5.11 Å². The molecule has 2 aliphatic rings. The number of hydrogen-bond acceptors (Lipinski definition) is 2. The average Bonchev–Trinajstić information content (AvgIpc) is 2.75. The molecule has 2 rings (SSSR count). The van der Waals surface area contributed by atoms with Crippen molar-refractivity contribution in [3.05, 3.63) is 0 Å². The molecule has 0 aliphatic heterocycles. The number of hydrogen-bond donors (Lipinski definition) is 2. The van der Waals surface area contributed by atoms with Gasteiger partial charge in [-0.1, -0.05) is 19.8 Å². The highest BCUT2D eigenvalue weighted by molar-refractivity contribution is 4.89. The minimum Gasteiger partial charge on any atom is -0.390 e. The van der Waals surface area contributed by atoms with Crippen LogP contribution < -0.4 is 5.32 Å². The molecule has 0 unspecified atom stereocenters. The SMILES string of the molecule is CCC1(O)CCC(NC2CCCC2)CC1. The van der Waals surface area contributed by atoms with Gasteiger partial charge in [0.2, 0.25) is 0 Å². The van der Waals surface area contributed by atoms with Crippen molar-refractivity contribution >= 4 is 0 Å². The van der Waals surface area contributed by atoms with Gasteiger partial charge in [-0.15, -0.1) is 0 Å². The summed E-state index contributed by atoms with van der Waals surface area (Å²) in [5, 5.41) is 13.9. The van der Waals surface area contributed by atoms with Crippen molar-refractivity contribution in [3.8, 4) is 0 Å². The second kappa shape index (κ2) is 4.84. The van der Waals surface area contributed by atoms with Crippen molar-refractivity contribution in [2.75, 3.05) is 0 Å². The second-order valence-electron chi connectivity index (χ2n) is 5.50. The van der Waals surface area contributed by atoms with E-state index in [0.29, 0.717) is 6.04 Å². The van der Waals surface area contributed by atoms with E-state index in [0.717, 1.165) is 25.3 Å². The summed E-state index contributed by atoms with van der Waals surface area (Å²) in [4.78, 5) is 0. The summed E-state index contributed by atoms with van der Waals surface area (Å²) in [5.74, 6) is 0. The third-order valence-corrected chi connectivity index (χ3v) is 4.40. The van der Waals surface area contributed by atoms with Crippen LogP contribution in [0.25, 0.3) is 0 Å². The van der Waals surface area contributed by atoms with E-state index in [1.165, 1.54) is 38.5 Å². The zero-order chi connectivity index (χ0) is 10.7. The van der Waals surface area contributed by atoms with E-state index in [1.54, 1.807) is 0 Å². The molecule has 2 aliphatic carbocycles. The summed E-state index contributed by atoms with van der Waals surface area (Å²) in [6, 6.07) is 1.46. The summed E-state index contributed by atoms with van der Waals surface area (Å²) in [5.41, 5.74) is -0.339. The highest BCUT2D eigenvalue weighted by atomic mass is 16.3. The topological polar surface area (TPSA) is 32.3 Å². The fourth-order valence-electron chi connectivity index (χ4n) is 3.10. The van der Waals surface area contributed by atoms with Gasteiger partial charge in [0.05, 0.1) is 5.60 Å². The minimum absolute atomic E-state index is 0.339. The molecule has 0 spiro atoms. The van der Waals surface area contributed by atoms with Gasteiger partial charge in [0, 0.05) is 12.1 Å². The van der Waals surface area contributed by atoms with E-state index < -0.39 is 0 Å². The molecule has 2 heteroatoms. The Kier molecular flexibility index (Phi) is 3.68. The first kappa shape index (κ1) is 11.4. The summed E-state index contributed by atoms with van der Waals surface area (Å²) in [6.45, 7) is 2.10. The molecule has 0 heterocycles. The van der Waals surface area contributed by atoms with E-state index >= 15 is 0 Å². The number of aliphatic hydroxyl groups is 1. The fourth-order valence-corrected chi connectivity index (χ4v) is 3.10. The van der Waals surface area contributed by atoms with Crippen LogP contribution in [-0.2, 0) is 0 Å². The van der Waals surface area contributed by atoms with Gasteiger partial charge < -0.3 is 10.4 Å². The molecule has 0 aromatic carbocycles. The molecule has 0 saturated heterocycles. The van der Waals surface area contributed by atoms with Gasteiger partial charge in [-0.25, -0.2) is 0 Å². The predicted octanol–water partition coefficient (Wildman–Crippen LogP) is 2.60. The lowest BCUT2D eigenvalue weighted by Gasteiger charge is -2.36. The molecule has 0 atom stereocenters. The molecule has 0 amide bonds. The Bertz CT molecular complexity index is 191. The molecule has 0 aromatic heterocycles. The quantitative estimate of drug-likeness (QED) is 0.752. The van der Waals surface area contributed by atoms with Crippen LogP contribution in [0, 0.1) is 0 Å². The van der Waals surface area contributed by atoms with Gasteiger partial charge >= 0.3 is 0 Å². The monoisotopic (exact) mass is 211 g/mol. The Morgan fingerprint density at radius 3 is 2.13 bits per heavy atom. The highest BCUT2D eigenvalue weighted by Crippen LogP contribution is 2.31. The summed E-state index contributed by atoms with van der Waals surface area (Å²) in [7, 11) is 0. The van der Waals surface area contributed by atoms with Crippen LogP contribution in [0.4, 0.5) is 0 Å². The van der Waals surface area contributed by atoms with Gasteiger partial charge in [-0.3, -0.25) is 0 Å². The van der Waals surface area contributed by atoms with Crippen LogP contribution in [-0.4, -0.2) is 22.8 Å². The van der Waals surface area contributed by atoms with Crippen LogP contribution in [0.5, 0.6) is 0 Å². The van der Waals surface area contributed by atoms with Crippen molar-refractivity contribution in [3.63, 3.8) is 0 Å². The molecule has 0 aromatic rings. The van der Waals surface area contributed by atoms with E-state index in [-0.39, 0.29) is 5.60 Å². The summed E-state index contributed by atoms with van der Waals surface area (Å²) >= 11 is 0. The van der Waals surface area contributed by atoms with Crippen LogP contribution in [0.15, 0.2) is 0 Å². The maximum absolute atomic E-state index is 10.1. The lowest BCUT2D eigenvalue weighted by Crippen LogP contribution is -2.44. The first-order valence-electron chi connectivity index (χ1n) is 6.70. The van der Waals surface area contributed by atoms with Gasteiger partial charge in [0.25, 0.3) is 0 Å². The minimum atomic E-state index is -0.339. The van der Waals surface area contributed by atoms with Gasteiger partial charge in [0.1, 0.15) is 0 Å². The van der Waals surface area contributed by atoms with E-state index in [1.807, 2.05) is 0 Å². The van der Waals surface area contributed by atoms with Gasteiger partial charge in [-0.2, -0.15) is 0 Å². The maximum atomic E-state index is 10.1. The normalized spacial score (nSPS) is 38.4. The van der Waals surface area contributed by atoms with Crippen LogP contribution in [0.3, 0.4) is 0 Å². The molecule has 2 N–H and O–H groups in total. The van der Waals surface area contributed by atoms with Crippen molar-refractivity contribution in [2.24, 2.45) is 0 Å². The van der Waals surface area contributed by atoms with E-state index in [9.17, 15) is 5.11 Å². The van der Waals surface area contributed by atoms with Gasteiger partial charge in [0.15, 0.2) is 0 Å². The first-order chi connectivity index (χ1) is 7.22. The van der Waals surface area contributed by atoms with Gasteiger partial charge in [-0.05, 0) is 44.9 Å². The molecule has 2 nitrogen and oxygen atoms in total. The Labute approximate surface area is 93.5 Å². The second-order valence-corrected chi connectivity index (χ2v) is 5.50. The highest BCUT2D eigenvalue weighted by Gasteiger charge is 2.32. The molecule has 0 bridgehead atoms. The summed E-state index contributed by atoms with van der Waals surface area (Å²) < 4.78 is 0. The third-order valence-electron chi connectivity index (χ3n) is 4.40. The lowest BCUT2D eigenvalue weighted by atomic mass is 9.80. The standard InChI is InChI=1S/C13H25NO/c1-2-13(15)9-7-12(8-10-13)14-11-5-3-4-6-11/h11-12,14-15H,2-10H2,1H3. The molecular weight excluding hydrogens is 186 g/mol. The largest absolute Gasteiger partial charge is 0.390 e. The zero-order valence-corrected chi connectivity index (χ0v) is 9.97. The molecule has 88 valence electrons. The Balaban J connectivity index is 1.73. The Hall–Kier alpha value is -0.0800. The molecule has 2 saturated carbocycles. The van der Waals surface area contributed by atoms with Crippen molar-refractivity contribution in [1.82, 2.24) is 5.32 Å². The molecule has 0 radical (unpaired) electrons. The predicted molar refractivity (Wildman–Crippen MR) is 62.9 cm³/mol. The van der Waals surface area contributed by atoms with E-state index in [4.69, 9.17) is 0 Å². The van der Waals surface area contributed by atoms with Crippen molar-refractivity contribution in [1.29, 1.82) is 0 Å². The van der Waals surface area contributed by atoms with Crippen LogP contribution >= 0.6 is 0 Å². The number of nitrogens with one attached hydrogen (secondary N) is 1. The van der Waals surface area contributed by atoms with Crippen LogP contribution in [0.1, 0.15) is 64.7 Å². The average molecular weight is 211 g/mol. The molecule has 2 fully saturated rings. The Morgan fingerprint density at radius 1 is 1.07 bits per heavy atom. The molecule has 15 heavy (non-hydrogen) atoms. The Morgan fingerprint density at radius 2 is 1.60 bits per heavy atom. The first-order valence-corrected chi connectivity index (χ1v) is 6.70. The lowest BCUT2D eigenvalue weighted by molar-refractivity contribution is -0.00773.